The van der Waals surface area contributed by atoms with Crippen molar-refractivity contribution in [1.82, 2.24) is 9.80 Å². The number of halogens is 4. The molecule has 0 N–H and O–H groups in total. The highest BCUT2D eigenvalue weighted by molar-refractivity contribution is 6.30. The highest BCUT2D eigenvalue weighted by Gasteiger charge is 2.30. The van der Waals surface area contributed by atoms with Crippen LogP contribution in [0.25, 0.3) is 0 Å². The highest BCUT2D eigenvalue weighted by atomic mass is 35.5. The molecule has 37 heavy (non-hydrogen) atoms. The van der Waals surface area contributed by atoms with Crippen molar-refractivity contribution in [3.05, 3.63) is 70.2 Å². The maximum Gasteiger partial charge on any atom is 0.416 e. The molecule has 1 atom stereocenters. The predicted octanol–water partition coefficient (Wildman–Crippen LogP) is 5.49. The van der Waals surface area contributed by atoms with Crippen molar-refractivity contribution >= 4 is 23.5 Å². The number of benzene rings is 2. The number of hydrogen-bond donors (Lipinski definition) is 0. The van der Waals surface area contributed by atoms with E-state index in [9.17, 15) is 22.8 Å². The molecule has 2 aromatic carbocycles. The molecule has 0 bridgehead atoms. The van der Waals surface area contributed by atoms with Crippen molar-refractivity contribution in [3.63, 3.8) is 0 Å². The van der Waals surface area contributed by atoms with Gasteiger partial charge in [0.15, 0.2) is 0 Å². The van der Waals surface area contributed by atoms with Gasteiger partial charge in [0.2, 0.25) is 5.91 Å². The molecule has 1 aliphatic heterocycles. The molecular weight excluding hydrogens is 509 g/mol. The van der Waals surface area contributed by atoms with Crippen molar-refractivity contribution in [3.8, 4) is 0 Å². The summed E-state index contributed by atoms with van der Waals surface area (Å²) in [4.78, 5) is 27.8. The molecule has 0 unspecified atom stereocenters. The summed E-state index contributed by atoms with van der Waals surface area (Å²) in [5, 5.41) is 0.601. The third kappa shape index (κ3) is 9.32. The zero-order valence-corrected chi connectivity index (χ0v) is 21.6. The molecule has 0 spiro atoms. The van der Waals surface area contributed by atoms with Gasteiger partial charge in [-0.25, -0.2) is 0 Å². The molecule has 6 nitrogen and oxygen atoms in total. The number of hydrogen-bond acceptors (Lipinski definition) is 5. The Morgan fingerprint density at radius 2 is 1.57 bits per heavy atom. The summed E-state index contributed by atoms with van der Waals surface area (Å²) >= 11 is 6.04. The zero-order valence-electron chi connectivity index (χ0n) is 20.8. The van der Waals surface area contributed by atoms with Gasteiger partial charge in [-0.15, -0.1) is 0 Å². The van der Waals surface area contributed by atoms with Gasteiger partial charge in [0.1, 0.15) is 0 Å². The Morgan fingerprint density at radius 1 is 0.946 bits per heavy atom. The fraction of sp³-hybridized carbons (Fsp3) is 0.481. The average Bonchev–Trinajstić information content (AvgIpc) is 2.89. The van der Waals surface area contributed by atoms with Gasteiger partial charge in [-0.3, -0.25) is 14.5 Å². The average molecular weight is 541 g/mol. The first-order valence-corrected chi connectivity index (χ1v) is 12.6. The number of amides is 1. The van der Waals surface area contributed by atoms with Crippen LogP contribution in [0, 0.1) is 0 Å². The van der Waals surface area contributed by atoms with Crippen LogP contribution in [-0.4, -0.2) is 61.5 Å². The molecule has 10 heteroatoms. The van der Waals surface area contributed by atoms with Crippen molar-refractivity contribution < 1.29 is 32.2 Å². The Bertz CT molecular complexity index is 1010. The first-order chi connectivity index (χ1) is 17.7. The molecule has 1 fully saturated rings. The van der Waals surface area contributed by atoms with Crippen LogP contribution in [-0.2, 0) is 31.8 Å². The predicted molar refractivity (Wildman–Crippen MR) is 134 cm³/mol. The molecular formula is C27H32ClF3N2O4. The Balaban J connectivity index is 1.53. The monoisotopic (exact) mass is 540 g/mol. The third-order valence-corrected chi connectivity index (χ3v) is 6.62. The van der Waals surface area contributed by atoms with E-state index in [-0.39, 0.29) is 24.6 Å². The third-order valence-electron chi connectivity index (χ3n) is 6.37. The standard InChI is InChI=1S/C27H32ClF3N2O4/c1-36-26(35)5-3-2-4-25(34)33-16-14-32(15-17-33)18-24(21-8-12-23(28)13-9-21)37-19-20-6-10-22(11-7-20)27(29,30)31/h6-13,24H,2-5,14-19H2,1H3/t24-/m0/s1. The van der Waals surface area contributed by atoms with Gasteiger partial charge in [-0.2, -0.15) is 13.2 Å². The summed E-state index contributed by atoms with van der Waals surface area (Å²) in [5.74, 6) is -0.186. The molecule has 1 aliphatic rings. The molecule has 3 rings (SSSR count). The Morgan fingerprint density at radius 3 is 2.16 bits per heavy atom. The molecule has 0 saturated carbocycles. The maximum absolute atomic E-state index is 12.9. The minimum Gasteiger partial charge on any atom is -0.469 e. The fourth-order valence-corrected chi connectivity index (χ4v) is 4.26. The van der Waals surface area contributed by atoms with Gasteiger partial charge in [0.05, 0.1) is 25.4 Å². The molecule has 202 valence electrons. The second-order valence-corrected chi connectivity index (χ2v) is 9.45. The molecule has 0 aliphatic carbocycles. The molecule has 1 amide bonds. The van der Waals surface area contributed by atoms with E-state index >= 15 is 0 Å². The lowest BCUT2D eigenvalue weighted by molar-refractivity contribution is -0.141. The van der Waals surface area contributed by atoms with Gasteiger partial charge >= 0.3 is 12.1 Å². The number of methoxy groups -OCH3 is 1. The summed E-state index contributed by atoms with van der Waals surface area (Å²) in [7, 11) is 1.35. The number of nitrogens with zero attached hydrogens (tertiary/aromatic N) is 2. The van der Waals surface area contributed by atoms with Gasteiger partial charge in [-0.05, 0) is 48.2 Å². The van der Waals surface area contributed by atoms with Gasteiger partial charge in [-0.1, -0.05) is 35.9 Å². The second-order valence-electron chi connectivity index (χ2n) is 9.01. The lowest BCUT2D eigenvalue weighted by Gasteiger charge is -2.36. The van der Waals surface area contributed by atoms with Gasteiger partial charge < -0.3 is 14.4 Å². The van der Waals surface area contributed by atoms with E-state index in [2.05, 4.69) is 9.64 Å². The summed E-state index contributed by atoms with van der Waals surface area (Å²) in [6.45, 7) is 3.30. The van der Waals surface area contributed by atoms with Gasteiger partial charge in [0.25, 0.3) is 0 Å². The smallest absolute Gasteiger partial charge is 0.416 e. The van der Waals surface area contributed by atoms with Crippen molar-refractivity contribution in [2.24, 2.45) is 0 Å². The van der Waals surface area contributed by atoms with Crippen LogP contribution >= 0.6 is 11.6 Å². The topological polar surface area (TPSA) is 59.1 Å². The molecule has 2 aromatic rings. The maximum atomic E-state index is 12.9. The number of carbonyl (C=O) groups is 2. The van der Waals surface area contributed by atoms with Crippen LogP contribution in [0.1, 0.15) is 48.5 Å². The number of unbranched alkanes of at least 4 members (excludes halogenated alkanes) is 1. The van der Waals surface area contributed by atoms with E-state index in [4.69, 9.17) is 16.3 Å². The zero-order chi connectivity index (χ0) is 26.8. The summed E-state index contributed by atoms with van der Waals surface area (Å²) in [5.41, 5.74) is 0.872. The molecule has 0 aromatic heterocycles. The van der Waals surface area contributed by atoms with Crippen LogP contribution in [0.4, 0.5) is 13.2 Å². The normalized spacial score (nSPS) is 15.4. The number of rotatable bonds is 11. The molecule has 1 heterocycles. The van der Waals surface area contributed by atoms with E-state index in [1.807, 2.05) is 17.0 Å². The number of alkyl halides is 3. The molecule has 1 saturated heterocycles. The van der Waals surface area contributed by atoms with Crippen molar-refractivity contribution in [2.75, 3.05) is 39.8 Å². The SMILES string of the molecule is COC(=O)CCCCC(=O)N1CCN(C[C@H](OCc2ccc(C(F)(F)F)cc2)c2ccc(Cl)cc2)CC1. The highest BCUT2D eigenvalue weighted by Crippen LogP contribution is 2.30. The van der Waals surface area contributed by atoms with Crippen LogP contribution < -0.4 is 0 Å². The van der Waals surface area contributed by atoms with Gasteiger partial charge in [0, 0.05) is 50.6 Å². The quantitative estimate of drug-likeness (QED) is 0.278. The number of carbonyl (C=O) groups excluding carboxylic acids is 2. The van der Waals surface area contributed by atoms with Crippen molar-refractivity contribution in [1.29, 1.82) is 0 Å². The molecule has 0 radical (unpaired) electrons. The Labute approximate surface area is 220 Å². The summed E-state index contributed by atoms with van der Waals surface area (Å²) in [6.07, 6.45) is -2.71. The van der Waals surface area contributed by atoms with E-state index in [1.54, 1.807) is 12.1 Å². The van der Waals surface area contributed by atoms with Crippen molar-refractivity contribution in [2.45, 2.75) is 44.6 Å². The largest absolute Gasteiger partial charge is 0.469 e. The Kier molecular flexibility index (Phi) is 10.8. The first kappa shape index (κ1) is 28.9. The van der Waals surface area contributed by atoms with E-state index in [0.717, 1.165) is 17.7 Å². The lowest BCUT2D eigenvalue weighted by Crippen LogP contribution is -2.49. The van der Waals surface area contributed by atoms with E-state index in [0.29, 0.717) is 69.0 Å². The van der Waals surface area contributed by atoms with E-state index in [1.165, 1.54) is 19.2 Å². The van der Waals surface area contributed by atoms with Crippen LogP contribution in [0.5, 0.6) is 0 Å². The Hall–Kier alpha value is -2.62. The number of esters is 1. The van der Waals surface area contributed by atoms with E-state index < -0.39 is 11.7 Å². The minimum absolute atomic E-state index is 0.0809. The first-order valence-electron chi connectivity index (χ1n) is 12.3. The number of ether oxygens (including phenoxy) is 2. The van der Waals surface area contributed by atoms with Crippen LogP contribution in [0.15, 0.2) is 48.5 Å². The van der Waals surface area contributed by atoms with Crippen LogP contribution in [0.2, 0.25) is 5.02 Å². The lowest BCUT2D eigenvalue weighted by atomic mass is 10.1. The fourth-order valence-electron chi connectivity index (χ4n) is 4.14. The summed E-state index contributed by atoms with van der Waals surface area (Å²) in [6, 6.07) is 12.3. The number of piperazine rings is 1. The minimum atomic E-state index is -4.38. The van der Waals surface area contributed by atoms with Crippen LogP contribution in [0.3, 0.4) is 0 Å². The summed E-state index contributed by atoms with van der Waals surface area (Å²) < 4.78 is 49.4. The second kappa shape index (κ2) is 13.8.